The second kappa shape index (κ2) is 11.8. The third kappa shape index (κ3) is 6.74. The van der Waals surface area contributed by atoms with Gasteiger partial charge in [-0.05, 0) is 79.8 Å². The van der Waals surface area contributed by atoms with E-state index in [0.29, 0.717) is 23.8 Å². The van der Waals surface area contributed by atoms with E-state index in [9.17, 15) is 4.79 Å². The number of rotatable bonds is 8. The van der Waals surface area contributed by atoms with Crippen LogP contribution in [0.3, 0.4) is 0 Å². The number of imidazole rings is 1. The van der Waals surface area contributed by atoms with Crippen molar-refractivity contribution in [3.63, 3.8) is 0 Å². The van der Waals surface area contributed by atoms with Crippen LogP contribution in [0.1, 0.15) is 46.1 Å². The predicted octanol–water partition coefficient (Wildman–Crippen LogP) is 5.49. The van der Waals surface area contributed by atoms with Gasteiger partial charge in [0.1, 0.15) is 12.4 Å². The molecular formula is C32H37N5O2. The standard InChI is InChI=1S/C32H37N5O2/c1-22-9-10-27(15-31(22)39-20-25-7-5-4-6-8-25)32(38)35-28-13-26(19-36-12-11-30(33)23(2)17-36)14-29(16-28)37-18-24(3)34-21-37/h4-10,13-16,18,21,23,30H,11-12,17,19-20,33H2,1-3H3,(H,35,38). The molecule has 2 atom stereocenters. The highest BCUT2D eigenvalue weighted by Gasteiger charge is 2.23. The van der Waals surface area contributed by atoms with Gasteiger partial charge in [0.2, 0.25) is 0 Å². The van der Waals surface area contributed by atoms with Gasteiger partial charge in [0.05, 0.1) is 12.0 Å². The molecule has 3 N–H and O–H groups in total. The number of likely N-dealkylation sites (tertiary alicyclic amines) is 1. The second-order valence-corrected chi connectivity index (χ2v) is 10.7. The van der Waals surface area contributed by atoms with Crippen LogP contribution in [0.5, 0.6) is 5.75 Å². The Kier molecular flexibility index (Phi) is 8.10. The minimum atomic E-state index is -0.179. The molecule has 1 aliphatic heterocycles. The average molecular weight is 524 g/mol. The number of ether oxygens (including phenoxy) is 1. The quantitative estimate of drug-likeness (QED) is 0.319. The molecule has 1 aliphatic rings. The van der Waals surface area contributed by atoms with Gasteiger partial charge >= 0.3 is 0 Å². The highest BCUT2D eigenvalue weighted by molar-refractivity contribution is 6.04. The molecule has 0 radical (unpaired) electrons. The number of aromatic nitrogens is 2. The summed E-state index contributed by atoms with van der Waals surface area (Å²) in [4.78, 5) is 20.2. The maximum atomic E-state index is 13.4. The SMILES string of the molecule is Cc1cn(-c2cc(CN3CCC(N)C(C)C3)cc(NC(=O)c3ccc(C)c(OCc4ccccc4)c3)c2)cn1. The number of nitrogens with zero attached hydrogens (tertiary/aromatic N) is 3. The Morgan fingerprint density at radius 2 is 1.90 bits per heavy atom. The van der Waals surface area contributed by atoms with Crippen molar-refractivity contribution in [1.29, 1.82) is 0 Å². The van der Waals surface area contributed by atoms with E-state index in [-0.39, 0.29) is 11.9 Å². The van der Waals surface area contributed by atoms with E-state index in [2.05, 4.69) is 34.3 Å². The molecule has 4 aromatic rings. The second-order valence-electron chi connectivity index (χ2n) is 10.7. The number of hydrogen-bond acceptors (Lipinski definition) is 5. The van der Waals surface area contributed by atoms with Crippen molar-refractivity contribution in [2.45, 2.75) is 46.4 Å². The maximum absolute atomic E-state index is 13.4. The van der Waals surface area contributed by atoms with Crippen LogP contribution < -0.4 is 15.8 Å². The van der Waals surface area contributed by atoms with Crippen LogP contribution >= 0.6 is 0 Å². The first-order chi connectivity index (χ1) is 18.8. The minimum absolute atomic E-state index is 0.179. The van der Waals surface area contributed by atoms with Crippen molar-refractivity contribution in [3.05, 3.63) is 107 Å². The Balaban J connectivity index is 1.36. The molecule has 7 nitrogen and oxygen atoms in total. The van der Waals surface area contributed by atoms with Crippen LogP contribution in [0, 0.1) is 19.8 Å². The molecule has 0 saturated carbocycles. The number of anilines is 1. The van der Waals surface area contributed by atoms with E-state index in [1.807, 2.05) is 79.2 Å². The first-order valence-electron chi connectivity index (χ1n) is 13.6. The molecule has 39 heavy (non-hydrogen) atoms. The molecule has 3 aromatic carbocycles. The maximum Gasteiger partial charge on any atom is 0.255 e. The van der Waals surface area contributed by atoms with E-state index in [1.165, 1.54) is 0 Å². The fraction of sp³-hybridized carbons (Fsp3) is 0.312. The first-order valence-corrected chi connectivity index (χ1v) is 13.6. The summed E-state index contributed by atoms with van der Waals surface area (Å²) < 4.78 is 8.05. The zero-order valence-corrected chi connectivity index (χ0v) is 22.9. The van der Waals surface area contributed by atoms with Gasteiger partial charge in [-0.25, -0.2) is 4.98 Å². The van der Waals surface area contributed by atoms with Crippen LogP contribution in [0.15, 0.2) is 79.3 Å². The van der Waals surface area contributed by atoms with Gasteiger partial charge in [-0.15, -0.1) is 0 Å². The lowest BCUT2D eigenvalue weighted by molar-refractivity contribution is 0.102. The fourth-order valence-electron chi connectivity index (χ4n) is 5.04. The number of carbonyl (C=O) groups excluding carboxylic acids is 1. The number of hydrogen-bond donors (Lipinski definition) is 2. The smallest absolute Gasteiger partial charge is 0.255 e. The van der Waals surface area contributed by atoms with Crippen molar-refractivity contribution >= 4 is 11.6 Å². The summed E-state index contributed by atoms with van der Waals surface area (Å²) in [5.41, 5.74) is 12.6. The van der Waals surface area contributed by atoms with Gasteiger partial charge in [0.25, 0.3) is 5.91 Å². The molecule has 0 aliphatic carbocycles. The van der Waals surface area contributed by atoms with E-state index >= 15 is 0 Å². The van der Waals surface area contributed by atoms with Crippen molar-refractivity contribution in [2.75, 3.05) is 18.4 Å². The van der Waals surface area contributed by atoms with Crippen molar-refractivity contribution < 1.29 is 9.53 Å². The van der Waals surface area contributed by atoms with Gasteiger partial charge < -0.3 is 20.4 Å². The van der Waals surface area contributed by atoms with Crippen LogP contribution in [0.4, 0.5) is 5.69 Å². The molecule has 0 bridgehead atoms. The highest BCUT2D eigenvalue weighted by atomic mass is 16.5. The number of piperidine rings is 1. The van der Waals surface area contributed by atoms with Crippen LogP contribution in [0.25, 0.3) is 5.69 Å². The van der Waals surface area contributed by atoms with Crippen LogP contribution in [0.2, 0.25) is 0 Å². The number of nitrogens with one attached hydrogen (secondary N) is 1. The monoisotopic (exact) mass is 523 g/mol. The molecule has 7 heteroatoms. The molecule has 0 spiro atoms. The van der Waals surface area contributed by atoms with Gasteiger partial charge in [-0.3, -0.25) is 9.69 Å². The molecule has 2 heterocycles. The zero-order valence-electron chi connectivity index (χ0n) is 22.9. The molecule has 5 rings (SSSR count). The molecule has 2 unspecified atom stereocenters. The van der Waals surface area contributed by atoms with E-state index < -0.39 is 0 Å². The third-order valence-corrected chi connectivity index (χ3v) is 7.39. The third-order valence-electron chi connectivity index (χ3n) is 7.39. The van der Waals surface area contributed by atoms with Crippen molar-refractivity contribution in [2.24, 2.45) is 11.7 Å². The van der Waals surface area contributed by atoms with Crippen molar-refractivity contribution in [3.8, 4) is 11.4 Å². The normalized spacial score (nSPS) is 17.6. The Hall–Kier alpha value is -3.94. The lowest BCUT2D eigenvalue weighted by Crippen LogP contribution is -2.45. The molecule has 202 valence electrons. The summed E-state index contributed by atoms with van der Waals surface area (Å²) in [7, 11) is 0. The summed E-state index contributed by atoms with van der Waals surface area (Å²) in [5, 5.41) is 3.12. The summed E-state index contributed by atoms with van der Waals surface area (Å²) in [5.74, 6) is 0.978. The minimum Gasteiger partial charge on any atom is -0.489 e. The lowest BCUT2D eigenvalue weighted by Gasteiger charge is -2.35. The molecular weight excluding hydrogens is 486 g/mol. The topological polar surface area (TPSA) is 85.4 Å². The Morgan fingerprint density at radius 1 is 1.08 bits per heavy atom. The Bertz CT molecular complexity index is 1430. The van der Waals surface area contributed by atoms with E-state index in [0.717, 1.165) is 59.8 Å². The number of nitrogens with two attached hydrogens (primary N) is 1. The van der Waals surface area contributed by atoms with Gasteiger partial charge in [-0.1, -0.05) is 43.3 Å². The van der Waals surface area contributed by atoms with Crippen LogP contribution in [-0.2, 0) is 13.2 Å². The molecule has 1 aromatic heterocycles. The molecule has 1 saturated heterocycles. The molecule has 1 fully saturated rings. The largest absolute Gasteiger partial charge is 0.489 e. The number of aryl methyl sites for hydroxylation is 2. The zero-order chi connectivity index (χ0) is 27.4. The fourth-order valence-corrected chi connectivity index (χ4v) is 5.04. The predicted molar refractivity (Wildman–Crippen MR) is 155 cm³/mol. The van der Waals surface area contributed by atoms with Crippen LogP contribution in [-0.4, -0.2) is 39.5 Å². The van der Waals surface area contributed by atoms with Crippen molar-refractivity contribution in [1.82, 2.24) is 14.5 Å². The summed E-state index contributed by atoms with van der Waals surface area (Å²) in [6.07, 6.45) is 4.79. The Labute approximate surface area is 230 Å². The lowest BCUT2D eigenvalue weighted by atomic mass is 9.94. The highest BCUT2D eigenvalue weighted by Crippen LogP contribution is 2.25. The van der Waals surface area contributed by atoms with Gasteiger partial charge in [-0.2, -0.15) is 0 Å². The number of carbonyl (C=O) groups is 1. The number of amides is 1. The van der Waals surface area contributed by atoms with E-state index in [4.69, 9.17) is 10.5 Å². The van der Waals surface area contributed by atoms with Gasteiger partial charge in [0.15, 0.2) is 0 Å². The average Bonchev–Trinajstić information content (AvgIpc) is 3.37. The summed E-state index contributed by atoms with van der Waals surface area (Å²) in [6.45, 7) is 9.34. The number of benzene rings is 3. The first kappa shape index (κ1) is 26.7. The van der Waals surface area contributed by atoms with E-state index in [1.54, 1.807) is 6.33 Å². The summed E-state index contributed by atoms with van der Waals surface area (Å²) in [6, 6.07) is 22.1. The van der Waals surface area contributed by atoms with Gasteiger partial charge in [0, 0.05) is 42.3 Å². The molecule has 1 amide bonds. The summed E-state index contributed by atoms with van der Waals surface area (Å²) >= 11 is 0. The Morgan fingerprint density at radius 3 is 2.64 bits per heavy atom.